The number of carbonyl (C=O) groups is 2. The number of aliphatic hydroxyl groups excluding tert-OH is 2. The van der Waals surface area contributed by atoms with Gasteiger partial charge in [-0.2, -0.15) is 0 Å². The van der Waals surface area contributed by atoms with Crippen LogP contribution in [-0.4, -0.2) is 51.9 Å². The molecule has 2 heterocycles. The van der Waals surface area contributed by atoms with Gasteiger partial charge in [0, 0.05) is 17.7 Å². The van der Waals surface area contributed by atoms with E-state index in [0.717, 1.165) is 22.7 Å². The summed E-state index contributed by atoms with van der Waals surface area (Å²) in [4.78, 5) is 30.6. The van der Waals surface area contributed by atoms with Crippen molar-refractivity contribution >= 4 is 29.2 Å². The summed E-state index contributed by atoms with van der Waals surface area (Å²) in [5, 5.41) is 24.5. The fourth-order valence-electron chi connectivity index (χ4n) is 4.54. The van der Waals surface area contributed by atoms with Crippen molar-refractivity contribution in [3.63, 3.8) is 0 Å². The molecule has 0 aromatic carbocycles. The van der Waals surface area contributed by atoms with Gasteiger partial charge in [0.05, 0.1) is 34.7 Å². The van der Waals surface area contributed by atoms with Crippen LogP contribution in [0, 0.1) is 17.3 Å². The van der Waals surface area contributed by atoms with Gasteiger partial charge in [-0.3, -0.25) is 9.59 Å². The third-order valence-corrected chi connectivity index (χ3v) is 8.33. The van der Waals surface area contributed by atoms with Gasteiger partial charge in [-0.15, -0.1) is 11.3 Å². The molecule has 2 N–H and O–H groups in total. The van der Waals surface area contributed by atoms with Crippen LogP contribution < -0.4 is 0 Å². The first kappa shape index (κ1) is 30.3. The summed E-state index contributed by atoms with van der Waals surface area (Å²) in [7, 11) is 0. The lowest BCUT2D eigenvalue weighted by Gasteiger charge is -2.34. The van der Waals surface area contributed by atoms with Crippen molar-refractivity contribution in [3.8, 4) is 0 Å². The van der Waals surface area contributed by atoms with Crippen molar-refractivity contribution in [1.82, 2.24) is 4.98 Å². The van der Waals surface area contributed by atoms with E-state index in [4.69, 9.17) is 4.74 Å². The van der Waals surface area contributed by atoms with Crippen molar-refractivity contribution < 1.29 is 28.9 Å². The molecule has 36 heavy (non-hydrogen) atoms. The fourth-order valence-corrected chi connectivity index (χ4v) is 5.25. The molecule has 0 amide bonds. The maximum atomic E-state index is 13.8. The monoisotopic (exact) mass is 523 g/mol. The van der Waals surface area contributed by atoms with Gasteiger partial charge in [0.25, 0.3) is 0 Å². The molecule has 2 rings (SSSR count). The number of alkyl halides is 1. The lowest BCUT2D eigenvalue weighted by atomic mass is 9.73. The number of thiazole rings is 1. The van der Waals surface area contributed by atoms with E-state index in [1.165, 1.54) is 0 Å². The van der Waals surface area contributed by atoms with Gasteiger partial charge in [-0.1, -0.05) is 40.7 Å². The Hall–Kier alpha value is -1.90. The summed E-state index contributed by atoms with van der Waals surface area (Å²) in [6.07, 6.45) is 3.43. The zero-order valence-electron chi connectivity index (χ0n) is 22.4. The van der Waals surface area contributed by atoms with Gasteiger partial charge in [-0.05, 0) is 55.7 Å². The third-order valence-electron chi connectivity index (χ3n) is 7.32. The Morgan fingerprint density at radius 2 is 2.00 bits per heavy atom. The predicted octanol–water partition coefficient (Wildman–Crippen LogP) is 5.47. The summed E-state index contributed by atoms with van der Waals surface area (Å²) in [6, 6.07) is 0. The average Bonchev–Trinajstić information content (AvgIpc) is 3.30. The first-order chi connectivity index (χ1) is 16.9. The standard InChI is InChI=1S/C28H42FNO5S/c1-7-24-30-21(16-36-24)13-18(3)22-12-11-20(15-29)10-8-9-17(2)26(33)19(4)27(34)28(5,6)23(31)14-25(32)35-22/h11,13,16-17,19,22-23,26,31,33H,7-10,12,14-15H2,1-6H3/b18-13+,20-11+/t17-,19+,22-,23-,26-/m0/s1. The number of rotatable bonds is 4. The van der Waals surface area contributed by atoms with Crippen LogP contribution in [0.5, 0.6) is 0 Å². The summed E-state index contributed by atoms with van der Waals surface area (Å²) < 4.78 is 19.5. The van der Waals surface area contributed by atoms with Crippen LogP contribution in [0.4, 0.5) is 4.39 Å². The van der Waals surface area contributed by atoms with Crippen LogP contribution in [-0.2, 0) is 20.7 Å². The number of hydrogen-bond acceptors (Lipinski definition) is 7. The highest BCUT2D eigenvalue weighted by atomic mass is 32.1. The minimum atomic E-state index is -1.28. The van der Waals surface area contributed by atoms with Crippen LogP contribution in [0.1, 0.15) is 84.3 Å². The molecular formula is C28H42FNO5S. The Morgan fingerprint density at radius 1 is 1.31 bits per heavy atom. The topological polar surface area (TPSA) is 96.7 Å². The summed E-state index contributed by atoms with van der Waals surface area (Å²) >= 11 is 1.56. The Bertz CT molecular complexity index is 953. The molecule has 1 aliphatic rings. The highest BCUT2D eigenvalue weighted by Crippen LogP contribution is 2.32. The maximum Gasteiger partial charge on any atom is 0.309 e. The number of hydrogen-bond donors (Lipinski definition) is 2. The number of esters is 1. The van der Waals surface area contributed by atoms with E-state index in [1.54, 1.807) is 38.2 Å². The molecule has 5 atom stereocenters. The molecule has 0 aliphatic carbocycles. The minimum Gasteiger partial charge on any atom is -0.457 e. The first-order valence-electron chi connectivity index (χ1n) is 12.9. The highest BCUT2D eigenvalue weighted by Gasteiger charge is 2.42. The molecule has 0 radical (unpaired) electrons. The normalized spacial score (nSPS) is 31.0. The Kier molecular flexibility index (Phi) is 11.4. The fraction of sp³-hybridized carbons (Fsp3) is 0.679. The number of aryl methyl sites for hydroxylation is 1. The molecule has 0 saturated carbocycles. The van der Waals surface area contributed by atoms with Gasteiger partial charge in [0.2, 0.25) is 0 Å². The van der Waals surface area contributed by atoms with Crippen LogP contribution in [0.3, 0.4) is 0 Å². The molecule has 0 saturated heterocycles. The van der Waals surface area contributed by atoms with Crippen molar-refractivity contribution in [3.05, 3.63) is 33.3 Å². The number of ketones is 1. The van der Waals surface area contributed by atoms with Gasteiger partial charge < -0.3 is 14.9 Å². The molecule has 1 aromatic heterocycles. The van der Waals surface area contributed by atoms with Crippen molar-refractivity contribution in [2.75, 3.05) is 6.67 Å². The number of Topliss-reactive ketones (excluding diaryl/α,β-unsaturated/α-hetero) is 1. The summed E-state index contributed by atoms with van der Waals surface area (Å²) in [5.41, 5.74) is 0.919. The van der Waals surface area contributed by atoms with Crippen molar-refractivity contribution in [1.29, 1.82) is 0 Å². The summed E-state index contributed by atoms with van der Waals surface area (Å²) in [5.74, 6) is -1.83. The van der Waals surface area contributed by atoms with E-state index in [1.807, 2.05) is 32.2 Å². The van der Waals surface area contributed by atoms with Crippen LogP contribution >= 0.6 is 11.3 Å². The highest BCUT2D eigenvalue weighted by molar-refractivity contribution is 7.09. The third kappa shape index (κ3) is 8.05. The minimum absolute atomic E-state index is 0.167. The molecule has 202 valence electrons. The second-order valence-electron chi connectivity index (χ2n) is 10.6. The van der Waals surface area contributed by atoms with Gasteiger partial charge in [-0.25, -0.2) is 9.37 Å². The number of cyclic esters (lactones) is 1. The number of aromatic nitrogens is 1. The maximum absolute atomic E-state index is 13.8. The van der Waals surface area contributed by atoms with Crippen LogP contribution in [0.2, 0.25) is 0 Å². The van der Waals surface area contributed by atoms with Gasteiger partial charge >= 0.3 is 5.97 Å². The zero-order chi connectivity index (χ0) is 27.0. The molecule has 0 bridgehead atoms. The Labute approximate surface area is 218 Å². The van der Waals surface area contributed by atoms with Crippen molar-refractivity contribution in [2.24, 2.45) is 17.3 Å². The second-order valence-corrected chi connectivity index (χ2v) is 11.5. The average molecular weight is 524 g/mol. The predicted molar refractivity (Wildman–Crippen MR) is 141 cm³/mol. The first-order valence-corrected chi connectivity index (χ1v) is 13.7. The number of carbonyl (C=O) groups excluding carboxylic acids is 2. The molecule has 0 fully saturated rings. The molecule has 6 nitrogen and oxygen atoms in total. The van der Waals surface area contributed by atoms with Gasteiger partial charge in [0.1, 0.15) is 18.6 Å². The quantitative estimate of drug-likeness (QED) is 0.401. The van der Waals surface area contributed by atoms with Crippen LogP contribution in [0.25, 0.3) is 6.08 Å². The van der Waals surface area contributed by atoms with Crippen LogP contribution in [0.15, 0.2) is 22.6 Å². The summed E-state index contributed by atoms with van der Waals surface area (Å²) in [6.45, 7) is 10.00. The van der Waals surface area contributed by atoms with E-state index in [2.05, 4.69) is 4.98 Å². The zero-order valence-corrected chi connectivity index (χ0v) is 23.2. The molecule has 0 unspecified atom stereocenters. The second kappa shape index (κ2) is 13.6. The molecule has 1 aromatic rings. The largest absolute Gasteiger partial charge is 0.457 e. The van der Waals surface area contributed by atoms with E-state index in [0.29, 0.717) is 31.3 Å². The Balaban J connectivity index is 2.37. The van der Waals surface area contributed by atoms with E-state index in [9.17, 15) is 24.2 Å². The lowest BCUT2D eigenvalue weighted by Crippen LogP contribution is -2.45. The lowest BCUT2D eigenvalue weighted by molar-refractivity contribution is -0.154. The molecule has 0 spiro atoms. The molecule has 8 heteroatoms. The number of allylic oxidation sites excluding steroid dienone is 1. The SMILES string of the molecule is CCc1nc(/C=C(\C)[C@@H]2C/C=C(/CF)CCC[C@H](C)[C@H](O)[C@@H](C)C(=O)C(C)(C)[C@@H](O)CC(=O)O2)cs1. The number of nitrogens with zero attached hydrogens (tertiary/aromatic N) is 1. The molecular weight excluding hydrogens is 481 g/mol. The van der Waals surface area contributed by atoms with E-state index in [-0.39, 0.29) is 18.1 Å². The van der Waals surface area contributed by atoms with E-state index < -0.39 is 42.3 Å². The number of ether oxygens (including phenoxy) is 1. The number of halogens is 1. The molecule has 1 aliphatic heterocycles. The number of aliphatic hydroxyl groups is 2. The van der Waals surface area contributed by atoms with Crippen molar-refractivity contribution in [2.45, 2.75) is 98.4 Å². The van der Waals surface area contributed by atoms with Gasteiger partial charge in [0.15, 0.2) is 0 Å². The Morgan fingerprint density at radius 3 is 2.61 bits per heavy atom. The van der Waals surface area contributed by atoms with E-state index >= 15 is 0 Å². The smallest absolute Gasteiger partial charge is 0.309 e.